The Bertz CT molecular complexity index is 440. The second-order valence-corrected chi connectivity index (χ2v) is 7.35. The molecule has 0 aliphatic carbocycles. The molecule has 1 fully saturated rings. The molecule has 0 aromatic heterocycles. The molecule has 1 heterocycles. The highest BCUT2D eigenvalue weighted by atomic mass is 35.5. The summed E-state index contributed by atoms with van der Waals surface area (Å²) in [4.78, 5) is 2.49. The van der Waals surface area contributed by atoms with Gasteiger partial charge in [0.25, 0.3) is 0 Å². The van der Waals surface area contributed by atoms with Gasteiger partial charge in [0.1, 0.15) is 0 Å². The molecule has 0 radical (unpaired) electrons. The molecule has 0 atom stereocenters. The largest absolute Gasteiger partial charge is 0.316 e. The topological polar surface area (TPSA) is 15.3 Å². The van der Waals surface area contributed by atoms with E-state index in [0.717, 1.165) is 49.6 Å². The molecule has 0 saturated carbocycles. The summed E-state index contributed by atoms with van der Waals surface area (Å²) in [5.41, 5.74) is 1.18. The zero-order valence-electron chi connectivity index (χ0n) is 13.0. The van der Waals surface area contributed by atoms with Crippen molar-refractivity contribution in [3.05, 3.63) is 33.8 Å². The van der Waals surface area contributed by atoms with Crippen molar-refractivity contribution in [2.75, 3.05) is 26.2 Å². The number of halogens is 2. The van der Waals surface area contributed by atoms with Crippen LogP contribution in [0.3, 0.4) is 0 Å². The van der Waals surface area contributed by atoms with Crippen molar-refractivity contribution >= 4 is 23.2 Å². The maximum Gasteiger partial charge on any atom is 0.0465 e. The van der Waals surface area contributed by atoms with Gasteiger partial charge in [0.05, 0.1) is 0 Å². The number of rotatable bonds is 6. The maximum atomic E-state index is 6.25. The van der Waals surface area contributed by atoms with Crippen molar-refractivity contribution in [3.8, 4) is 0 Å². The zero-order chi connectivity index (χ0) is 15.2. The average Bonchev–Trinajstić information content (AvgIpc) is 2.43. The Morgan fingerprint density at radius 2 is 1.95 bits per heavy atom. The van der Waals surface area contributed by atoms with Crippen molar-refractivity contribution in [1.82, 2.24) is 10.2 Å². The summed E-state index contributed by atoms with van der Waals surface area (Å²) in [5.74, 6) is 1.55. The number of likely N-dealkylation sites (tertiary alicyclic amines) is 1. The average molecular weight is 329 g/mol. The van der Waals surface area contributed by atoms with Gasteiger partial charge < -0.3 is 5.32 Å². The van der Waals surface area contributed by atoms with Gasteiger partial charge in [-0.3, -0.25) is 4.90 Å². The lowest BCUT2D eigenvalue weighted by Crippen LogP contribution is -2.37. The first kappa shape index (κ1) is 17.1. The lowest BCUT2D eigenvalue weighted by molar-refractivity contribution is 0.175. The Labute approximate surface area is 138 Å². The smallest absolute Gasteiger partial charge is 0.0465 e. The van der Waals surface area contributed by atoms with Gasteiger partial charge in [0.2, 0.25) is 0 Å². The van der Waals surface area contributed by atoms with E-state index < -0.39 is 0 Å². The minimum Gasteiger partial charge on any atom is -0.316 e. The fourth-order valence-corrected chi connectivity index (χ4v) is 3.28. The number of hydrogen-bond acceptors (Lipinski definition) is 2. The van der Waals surface area contributed by atoms with Crippen LogP contribution in [-0.2, 0) is 6.54 Å². The van der Waals surface area contributed by atoms with Crippen LogP contribution in [0, 0.1) is 11.8 Å². The van der Waals surface area contributed by atoms with E-state index in [4.69, 9.17) is 23.2 Å². The van der Waals surface area contributed by atoms with Crippen molar-refractivity contribution in [1.29, 1.82) is 0 Å². The Hall–Kier alpha value is -0.280. The maximum absolute atomic E-state index is 6.25. The highest BCUT2D eigenvalue weighted by Crippen LogP contribution is 2.24. The van der Waals surface area contributed by atoms with Gasteiger partial charge in [-0.1, -0.05) is 43.1 Å². The summed E-state index contributed by atoms with van der Waals surface area (Å²) < 4.78 is 0. The number of nitrogens with zero attached hydrogens (tertiary/aromatic N) is 1. The number of hydrogen-bond donors (Lipinski definition) is 1. The summed E-state index contributed by atoms with van der Waals surface area (Å²) >= 11 is 12.2. The highest BCUT2D eigenvalue weighted by molar-refractivity contribution is 6.35. The number of benzene rings is 1. The van der Waals surface area contributed by atoms with Gasteiger partial charge in [-0.15, -0.1) is 0 Å². The Morgan fingerprint density at radius 3 is 2.57 bits per heavy atom. The van der Waals surface area contributed by atoms with E-state index in [-0.39, 0.29) is 0 Å². The molecule has 1 aliphatic rings. The predicted molar refractivity (Wildman–Crippen MR) is 92.2 cm³/mol. The standard InChI is InChI=1S/C17H26Cl2N2/c1-13(2)10-20-11-14-5-7-21(8-6-14)12-15-3-4-16(18)9-17(15)19/h3-4,9,13-14,20H,5-8,10-12H2,1-2H3. The normalized spacial score (nSPS) is 17.6. The summed E-state index contributed by atoms with van der Waals surface area (Å²) in [6.07, 6.45) is 2.55. The first-order chi connectivity index (χ1) is 10.0. The molecule has 1 aliphatic heterocycles. The van der Waals surface area contributed by atoms with Crippen LogP contribution in [0.25, 0.3) is 0 Å². The van der Waals surface area contributed by atoms with Gasteiger partial charge >= 0.3 is 0 Å². The first-order valence-corrected chi connectivity index (χ1v) is 8.67. The second-order valence-electron chi connectivity index (χ2n) is 6.51. The van der Waals surface area contributed by atoms with Crippen molar-refractivity contribution < 1.29 is 0 Å². The SMILES string of the molecule is CC(C)CNCC1CCN(Cc2ccc(Cl)cc2Cl)CC1. The second kappa shape index (κ2) is 8.38. The third-order valence-electron chi connectivity index (χ3n) is 4.10. The van der Waals surface area contributed by atoms with Crippen LogP contribution in [0.1, 0.15) is 32.3 Å². The third-order valence-corrected chi connectivity index (χ3v) is 4.69. The van der Waals surface area contributed by atoms with E-state index in [1.807, 2.05) is 18.2 Å². The lowest BCUT2D eigenvalue weighted by Gasteiger charge is -2.32. The fraction of sp³-hybridized carbons (Fsp3) is 0.647. The molecule has 1 saturated heterocycles. The molecule has 21 heavy (non-hydrogen) atoms. The molecule has 2 rings (SSSR count). The minimum atomic E-state index is 0.707. The first-order valence-electron chi connectivity index (χ1n) is 7.91. The van der Waals surface area contributed by atoms with Crippen LogP contribution in [0.2, 0.25) is 10.0 Å². The molecule has 1 N–H and O–H groups in total. The Balaban J connectivity index is 1.74. The van der Waals surface area contributed by atoms with Crippen LogP contribution in [-0.4, -0.2) is 31.1 Å². The third kappa shape index (κ3) is 5.78. The van der Waals surface area contributed by atoms with Gasteiger partial charge in [0, 0.05) is 16.6 Å². The van der Waals surface area contributed by atoms with E-state index in [0.29, 0.717) is 5.02 Å². The van der Waals surface area contributed by atoms with E-state index in [2.05, 4.69) is 24.1 Å². The van der Waals surface area contributed by atoms with Gasteiger partial charge in [-0.2, -0.15) is 0 Å². The molecule has 2 nitrogen and oxygen atoms in total. The molecule has 1 aromatic rings. The van der Waals surface area contributed by atoms with Crippen molar-refractivity contribution in [3.63, 3.8) is 0 Å². The Kier molecular flexibility index (Phi) is 6.81. The minimum absolute atomic E-state index is 0.707. The molecule has 4 heteroatoms. The summed E-state index contributed by atoms with van der Waals surface area (Å²) in [7, 11) is 0. The summed E-state index contributed by atoms with van der Waals surface area (Å²) in [6, 6.07) is 5.80. The molecule has 0 amide bonds. The molecular weight excluding hydrogens is 303 g/mol. The van der Waals surface area contributed by atoms with E-state index in [1.165, 1.54) is 18.4 Å². The van der Waals surface area contributed by atoms with Gasteiger partial charge in [0.15, 0.2) is 0 Å². The zero-order valence-corrected chi connectivity index (χ0v) is 14.6. The highest BCUT2D eigenvalue weighted by Gasteiger charge is 2.19. The molecule has 0 unspecified atom stereocenters. The van der Waals surface area contributed by atoms with E-state index in [9.17, 15) is 0 Å². The van der Waals surface area contributed by atoms with Crippen LogP contribution >= 0.6 is 23.2 Å². The Morgan fingerprint density at radius 1 is 1.24 bits per heavy atom. The lowest BCUT2D eigenvalue weighted by atomic mass is 9.96. The number of nitrogens with one attached hydrogen (secondary N) is 1. The molecular formula is C17H26Cl2N2. The molecule has 0 spiro atoms. The van der Waals surface area contributed by atoms with Crippen LogP contribution in [0.15, 0.2) is 18.2 Å². The summed E-state index contributed by atoms with van der Waals surface area (Å²) in [6.45, 7) is 10.0. The summed E-state index contributed by atoms with van der Waals surface area (Å²) in [5, 5.41) is 5.07. The monoisotopic (exact) mass is 328 g/mol. The number of piperidine rings is 1. The molecule has 118 valence electrons. The van der Waals surface area contributed by atoms with Crippen molar-refractivity contribution in [2.24, 2.45) is 11.8 Å². The fourth-order valence-electron chi connectivity index (χ4n) is 2.82. The van der Waals surface area contributed by atoms with Gasteiger partial charge in [-0.05, 0) is 68.6 Å². The van der Waals surface area contributed by atoms with E-state index in [1.54, 1.807) is 0 Å². The quantitative estimate of drug-likeness (QED) is 0.829. The molecule has 1 aromatic carbocycles. The van der Waals surface area contributed by atoms with E-state index >= 15 is 0 Å². The van der Waals surface area contributed by atoms with Crippen molar-refractivity contribution in [2.45, 2.75) is 33.2 Å². The van der Waals surface area contributed by atoms with Gasteiger partial charge in [-0.25, -0.2) is 0 Å². The van der Waals surface area contributed by atoms with Crippen LogP contribution in [0.5, 0.6) is 0 Å². The van der Waals surface area contributed by atoms with Crippen LogP contribution < -0.4 is 5.32 Å². The molecule has 0 bridgehead atoms. The predicted octanol–water partition coefficient (Wildman–Crippen LogP) is 4.45. The van der Waals surface area contributed by atoms with Crippen LogP contribution in [0.4, 0.5) is 0 Å².